The minimum atomic E-state index is -0.824. The molecular weight excluding hydrogens is 218 g/mol. The van der Waals surface area contributed by atoms with Crippen molar-refractivity contribution in [1.82, 2.24) is 5.32 Å². The molecule has 2 rings (SSSR count). The third-order valence-corrected chi connectivity index (χ3v) is 3.47. The van der Waals surface area contributed by atoms with Crippen molar-refractivity contribution in [3.05, 3.63) is 35.9 Å². The van der Waals surface area contributed by atoms with Gasteiger partial charge in [-0.25, -0.2) is 0 Å². The number of benzene rings is 1. The Bertz CT molecular complexity index is 385. The number of aliphatic hydroxyl groups is 1. The molecular formula is C13H17NO3. The van der Waals surface area contributed by atoms with Crippen molar-refractivity contribution >= 4 is 5.97 Å². The third-order valence-electron chi connectivity index (χ3n) is 3.47. The molecule has 0 saturated carbocycles. The Kier molecular flexibility index (Phi) is 3.45. The Morgan fingerprint density at radius 3 is 2.65 bits per heavy atom. The van der Waals surface area contributed by atoms with Crippen molar-refractivity contribution in [1.29, 1.82) is 0 Å². The molecule has 0 aromatic heterocycles. The van der Waals surface area contributed by atoms with Gasteiger partial charge in [0.25, 0.3) is 0 Å². The third kappa shape index (κ3) is 2.48. The number of nitrogens with one attached hydrogen (secondary N) is 1. The molecule has 0 spiro atoms. The van der Waals surface area contributed by atoms with E-state index in [0.717, 1.165) is 5.56 Å². The van der Waals surface area contributed by atoms with Gasteiger partial charge in [-0.05, 0) is 24.9 Å². The lowest BCUT2D eigenvalue weighted by molar-refractivity contribution is -0.149. The minimum Gasteiger partial charge on any atom is -0.481 e. The number of carboxylic acid groups (broad SMARTS) is 1. The Labute approximate surface area is 100 Å². The van der Waals surface area contributed by atoms with Crippen molar-refractivity contribution in [3.8, 4) is 0 Å². The lowest BCUT2D eigenvalue weighted by Crippen LogP contribution is -2.35. The molecule has 1 aliphatic rings. The zero-order valence-corrected chi connectivity index (χ0v) is 9.60. The van der Waals surface area contributed by atoms with Gasteiger partial charge >= 0.3 is 5.97 Å². The number of hydrogen-bond acceptors (Lipinski definition) is 3. The topological polar surface area (TPSA) is 69.6 Å². The van der Waals surface area contributed by atoms with Crippen LogP contribution in [0.1, 0.15) is 24.5 Å². The molecule has 1 aliphatic heterocycles. The van der Waals surface area contributed by atoms with Crippen LogP contribution in [0.25, 0.3) is 0 Å². The quantitative estimate of drug-likeness (QED) is 0.733. The van der Waals surface area contributed by atoms with E-state index in [0.29, 0.717) is 19.5 Å². The number of rotatable bonds is 4. The molecule has 0 amide bonds. The first-order valence-corrected chi connectivity index (χ1v) is 5.81. The first-order chi connectivity index (χ1) is 8.14. The molecule has 2 atom stereocenters. The minimum absolute atomic E-state index is 0.263. The van der Waals surface area contributed by atoms with Crippen LogP contribution in [0.5, 0.6) is 0 Å². The van der Waals surface area contributed by atoms with Gasteiger partial charge in [-0.1, -0.05) is 30.3 Å². The van der Waals surface area contributed by atoms with Crippen LogP contribution in [0.2, 0.25) is 0 Å². The number of aliphatic carboxylic acids is 1. The van der Waals surface area contributed by atoms with Crippen LogP contribution in [0.15, 0.2) is 30.3 Å². The van der Waals surface area contributed by atoms with Crippen molar-refractivity contribution in [2.45, 2.75) is 18.9 Å². The van der Waals surface area contributed by atoms with Crippen LogP contribution in [0, 0.1) is 5.41 Å². The van der Waals surface area contributed by atoms with Crippen molar-refractivity contribution < 1.29 is 15.0 Å². The Morgan fingerprint density at radius 1 is 1.41 bits per heavy atom. The zero-order chi connectivity index (χ0) is 12.3. The summed E-state index contributed by atoms with van der Waals surface area (Å²) in [5, 5.41) is 22.5. The van der Waals surface area contributed by atoms with Gasteiger partial charge < -0.3 is 15.5 Å². The molecule has 17 heavy (non-hydrogen) atoms. The van der Waals surface area contributed by atoms with E-state index in [1.165, 1.54) is 0 Å². The number of carboxylic acids is 1. The monoisotopic (exact) mass is 235 g/mol. The predicted octanol–water partition coefficient (Wildman–Crippen LogP) is 1.17. The largest absolute Gasteiger partial charge is 0.481 e. The van der Waals surface area contributed by atoms with Gasteiger partial charge in [0, 0.05) is 6.54 Å². The highest BCUT2D eigenvalue weighted by Gasteiger charge is 2.42. The van der Waals surface area contributed by atoms with Gasteiger partial charge in [0.1, 0.15) is 0 Å². The molecule has 1 aromatic rings. The maximum absolute atomic E-state index is 11.3. The molecule has 0 bridgehead atoms. The van der Waals surface area contributed by atoms with Crippen LogP contribution in [-0.2, 0) is 4.79 Å². The molecule has 2 unspecified atom stereocenters. The van der Waals surface area contributed by atoms with Gasteiger partial charge in [0.15, 0.2) is 0 Å². The fourth-order valence-electron chi connectivity index (χ4n) is 2.35. The molecule has 0 radical (unpaired) electrons. The second-order valence-corrected chi connectivity index (χ2v) is 4.64. The second kappa shape index (κ2) is 4.85. The SMILES string of the molecule is O=C(O)C1(CC(O)c2ccccc2)CCNC1. The molecule has 4 nitrogen and oxygen atoms in total. The highest BCUT2D eigenvalue weighted by Crippen LogP contribution is 2.36. The van der Waals surface area contributed by atoms with Gasteiger partial charge in [0.2, 0.25) is 0 Å². The van der Waals surface area contributed by atoms with E-state index in [1.54, 1.807) is 0 Å². The average molecular weight is 235 g/mol. The summed E-state index contributed by atoms with van der Waals surface area (Å²) in [6.45, 7) is 1.14. The molecule has 1 aromatic carbocycles. The second-order valence-electron chi connectivity index (χ2n) is 4.64. The summed E-state index contributed by atoms with van der Waals surface area (Å²) in [5.41, 5.74) is -0.0463. The van der Waals surface area contributed by atoms with Crippen LogP contribution < -0.4 is 5.32 Å². The maximum Gasteiger partial charge on any atom is 0.311 e. The number of aliphatic hydroxyl groups excluding tert-OH is 1. The summed E-state index contributed by atoms with van der Waals surface area (Å²) in [4.78, 5) is 11.3. The van der Waals surface area contributed by atoms with Crippen molar-refractivity contribution in [2.24, 2.45) is 5.41 Å². The van der Waals surface area contributed by atoms with E-state index in [4.69, 9.17) is 0 Å². The molecule has 1 saturated heterocycles. The summed E-state index contributed by atoms with van der Waals surface area (Å²) in [6.07, 6.45) is 0.123. The van der Waals surface area contributed by atoms with Crippen LogP contribution in [-0.4, -0.2) is 29.3 Å². The lowest BCUT2D eigenvalue weighted by atomic mass is 9.80. The van der Waals surface area contributed by atoms with Gasteiger partial charge in [-0.2, -0.15) is 0 Å². The standard InChI is InChI=1S/C13H17NO3/c15-11(10-4-2-1-3-5-10)8-13(12(16)17)6-7-14-9-13/h1-5,11,14-15H,6-9H2,(H,16,17). The van der Waals surface area contributed by atoms with E-state index in [1.807, 2.05) is 30.3 Å². The van der Waals surface area contributed by atoms with Crippen LogP contribution in [0.4, 0.5) is 0 Å². The van der Waals surface area contributed by atoms with Gasteiger partial charge in [-0.15, -0.1) is 0 Å². The normalized spacial score (nSPS) is 25.7. The van der Waals surface area contributed by atoms with Gasteiger partial charge in [0.05, 0.1) is 11.5 Å². The van der Waals surface area contributed by atoms with E-state index in [-0.39, 0.29) is 6.42 Å². The molecule has 92 valence electrons. The summed E-state index contributed by atoms with van der Waals surface area (Å²) < 4.78 is 0. The van der Waals surface area contributed by atoms with E-state index in [9.17, 15) is 15.0 Å². The molecule has 1 fully saturated rings. The summed E-state index contributed by atoms with van der Waals surface area (Å²) in [6, 6.07) is 9.21. The Morgan fingerprint density at radius 2 is 2.12 bits per heavy atom. The Hall–Kier alpha value is -1.39. The fraction of sp³-hybridized carbons (Fsp3) is 0.462. The molecule has 0 aliphatic carbocycles. The fourth-order valence-corrected chi connectivity index (χ4v) is 2.35. The van der Waals surface area contributed by atoms with Gasteiger partial charge in [-0.3, -0.25) is 4.79 Å². The lowest BCUT2D eigenvalue weighted by Gasteiger charge is -2.26. The number of hydrogen-bond donors (Lipinski definition) is 3. The summed E-state index contributed by atoms with van der Waals surface area (Å²) in [7, 11) is 0. The molecule has 3 N–H and O–H groups in total. The maximum atomic E-state index is 11.3. The molecule has 1 heterocycles. The van der Waals surface area contributed by atoms with Crippen molar-refractivity contribution in [3.63, 3.8) is 0 Å². The van der Waals surface area contributed by atoms with E-state index in [2.05, 4.69) is 5.32 Å². The van der Waals surface area contributed by atoms with Crippen LogP contribution >= 0.6 is 0 Å². The first kappa shape index (κ1) is 12.1. The average Bonchev–Trinajstić information content (AvgIpc) is 2.80. The highest BCUT2D eigenvalue weighted by atomic mass is 16.4. The highest BCUT2D eigenvalue weighted by molar-refractivity contribution is 5.75. The smallest absolute Gasteiger partial charge is 0.311 e. The number of carbonyl (C=O) groups is 1. The Balaban J connectivity index is 2.11. The van der Waals surface area contributed by atoms with Crippen molar-refractivity contribution in [2.75, 3.05) is 13.1 Å². The molecule has 4 heteroatoms. The summed E-state index contributed by atoms with van der Waals surface area (Å²) >= 11 is 0. The first-order valence-electron chi connectivity index (χ1n) is 5.81. The zero-order valence-electron chi connectivity index (χ0n) is 9.60. The summed E-state index contributed by atoms with van der Waals surface area (Å²) in [5.74, 6) is -0.822. The predicted molar refractivity (Wildman–Crippen MR) is 63.6 cm³/mol. The van der Waals surface area contributed by atoms with E-state index < -0.39 is 17.5 Å². The van der Waals surface area contributed by atoms with E-state index >= 15 is 0 Å². The van der Waals surface area contributed by atoms with Crippen LogP contribution in [0.3, 0.4) is 0 Å².